The number of carbonyl (C=O) groups is 1. The molecule has 0 aliphatic carbocycles. The van der Waals surface area contributed by atoms with E-state index in [1.807, 2.05) is 37.3 Å². The molecule has 1 rings (SSSR count). The predicted octanol–water partition coefficient (Wildman–Crippen LogP) is 1.27. The van der Waals surface area contributed by atoms with Gasteiger partial charge in [-0.15, -0.1) is 0 Å². The molecular weight excluding hydrogens is 282 g/mol. The Morgan fingerprint density at radius 3 is 2.45 bits per heavy atom. The first-order valence-corrected chi connectivity index (χ1v) is 7.72. The van der Waals surface area contributed by atoms with E-state index in [4.69, 9.17) is 9.84 Å². The van der Waals surface area contributed by atoms with Crippen LogP contribution in [0.5, 0.6) is 0 Å². The van der Waals surface area contributed by atoms with Gasteiger partial charge in [-0.3, -0.25) is 4.79 Å². The first kappa shape index (κ1) is 18.6. The van der Waals surface area contributed by atoms with Crippen LogP contribution < -0.4 is 5.32 Å². The van der Waals surface area contributed by atoms with Crippen molar-refractivity contribution in [3.8, 4) is 0 Å². The van der Waals surface area contributed by atoms with E-state index in [9.17, 15) is 9.90 Å². The van der Waals surface area contributed by atoms with Gasteiger partial charge in [0.05, 0.1) is 12.2 Å². The van der Waals surface area contributed by atoms with Gasteiger partial charge < -0.3 is 20.3 Å². The Morgan fingerprint density at radius 2 is 1.86 bits per heavy atom. The number of ether oxygens (including phenoxy) is 1. The lowest BCUT2D eigenvalue weighted by Crippen LogP contribution is -2.43. The summed E-state index contributed by atoms with van der Waals surface area (Å²) in [6.45, 7) is 5.19. The predicted molar refractivity (Wildman–Crippen MR) is 85.5 cm³/mol. The van der Waals surface area contributed by atoms with Crippen molar-refractivity contribution in [2.24, 2.45) is 0 Å². The van der Waals surface area contributed by atoms with E-state index in [1.54, 1.807) is 13.8 Å². The lowest BCUT2D eigenvalue weighted by Gasteiger charge is -2.24. The summed E-state index contributed by atoms with van der Waals surface area (Å²) < 4.78 is 5.50. The minimum Gasteiger partial charge on any atom is -0.396 e. The number of hydrogen-bond acceptors (Lipinski definition) is 4. The van der Waals surface area contributed by atoms with Gasteiger partial charge in [-0.2, -0.15) is 0 Å². The zero-order valence-corrected chi connectivity index (χ0v) is 13.5. The molecule has 0 bridgehead atoms. The molecule has 0 saturated carbocycles. The normalized spacial score (nSPS) is 16.6. The zero-order chi connectivity index (χ0) is 16.5. The Balaban J connectivity index is 2.40. The van der Waals surface area contributed by atoms with E-state index in [0.29, 0.717) is 0 Å². The monoisotopic (exact) mass is 309 g/mol. The van der Waals surface area contributed by atoms with Gasteiger partial charge in [0, 0.05) is 12.6 Å². The van der Waals surface area contributed by atoms with Crippen LogP contribution in [-0.2, 0) is 16.0 Å². The largest absolute Gasteiger partial charge is 0.396 e. The van der Waals surface area contributed by atoms with Crippen molar-refractivity contribution in [3.63, 3.8) is 0 Å². The van der Waals surface area contributed by atoms with Gasteiger partial charge >= 0.3 is 0 Å². The van der Waals surface area contributed by atoms with Crippen molar-refractivity contribution in [1.82, 2.24) is 5.32 Å². The minimum atomic E-state index is -0.776. The molecule has 22 heavy (non-hydrogen) atoms. The van der Waals surface area contributed by atoms with Crippen molar-refractivity contribution in [2.75, 3.05) is 6.61 Å². The third kappa shape index (κ3) is 6.56. The third-order valence-corrected chi connectivity index (χ3v) is 3.53. The molecule has 5 nitrogen and oxygen atoms in total. The molecule has 3 N–H and O–H groups in total. The van der Waals surface area contributed by atoms with Gasteiger partial charge in [-0.1, -0.05) is 30.3 Å². The molecule has 0 aromatic heterocycles. The Labute approximate surface area is 132 Å². The van der Waals surface area contributed by atoms with E-state index in [0.717, 1.165) is 12.0 Å². The molecule has 0 heterocycles. The van der Waals surface area contributed by atoms with Crippen molar-refractivity contribution >= 4 is 5.91 Å². The second-order valence-electron chi connectivity index (χ2n) is 5.66. The average Bonchev–Trinajstić information content (AvgIpc) is 2.48. The summed E-state index contributed by atoms with van der Waals surface area (Å²) in [6.07, 6.45) is -0.942. The fourth-order valence-corrected chi connectivity index (χ4v) is 2.22. The standard InChI is InChI=1S/C17H27NO4/c1-12(11-15-7-5-4-6-8-15)18-17(21)14(3)22-13(2)16(20)9-10-19/h4-8,12-14,16,19-20H,9-11H2,1-3H3,(H,18,21). The third-order valence-electron chi connectivity index (χ3n) is 3.53. The second kappa shape index (κ2) is 9.56. The smallest absolute Gasteiger partial charge is 0.249 e. The van der Waals surface area contributed by atoms with Gasteiger partial charge in [-0.05, 0) is 39.2 Å². The molecule has 0 aliphatic heterocycles. The Morgan fingerprint density at radius 1 is 1.23 bits per heavy atom. The van der Waals surface area contributed by atoms with Gasteiger partial charge in [-0.25, -0.2) is 0 Å². The van der Waals surface area contributed by atoms with Crippen LogP contribution in [0, 0.1) is 0 Å². The molecule has 5 heteroatoms. The molecule has 0 fully saturated rings. The van der Waals surface area contributed by atoms with E-state index in [2.05, 4.69) is 5.32 Å². The lowest BCUT2D eigenvalue weighted by atomic mass is 10.1. The van der Waals surface area contributed by atoms with Gasteiger partial charge in [0.2, 0.25) is 5.91 Å². The second-order valence-corrected chi connectivity index (χ2v) is 5.66. The SMILES string of the molecule is CC(Cc1ccccc1)NC(=O)C(C)OC(C)C(O)CCO. The van der Waals surface area contributed by atoms with Crippen molar-refractivity contribution < 1.29 is 19.7 Å². The molecule has 1 aromatic rings. The van der Waals surface area contributed by atoms with Crippen molar-refractivity contribution in [1.29, 1.82) is 0 Å². The Kier molecular flexibility index (Phi) is 8.09. The molecule has 124 valence electrons. The van der Waals surface area contributed by atoms with Crippen LogP contribution in [0.2, 0.25) is 0 Å². The fraction of sp³-hybridized carbons (Fsp3) is 0.588. The maximum absolute atomic E-state index is 12.1. The van der Waals surface area contributed by atoms with Crippen molar-refractivity contribution in [2.45, 2.75) is 58.0 Å². The van der Waals surface area contributed by atoms with Crippen LogP contribution in [0.25, 0.3) is 0 Å². The highest BCUT2D eigenvalue weighted by Gasteiger charge is 2.22. The zero-order valence-electron chi connectivity index (χ0n) is 13.5. The fourth-order valence-electron chi connectivity index (χ4n) is 2.22. The molecule has 0 spiro atoms. The number of hydrogen-bond donors (Lipinski definition) is 3. The van der Waals surface area contributed by atoms with Gasteiger partial charge in [0.1, 0.15) is 6.10 Å². The van der Waals surface area contributed by atoms with E-state index >= 15 is 0 Å². The maximum atomic E-state index is 12.1. The summed E-state index contributed by atoms with van der Waals surface area (Å²) in [5.74, 6) is -0.202. The van der Waals surface area contributed by atoms with Crippen LogP contribution in [0.1, 0.15) is 32.8 Å². The summed E-state index contributed by atoms with van der Waals surface area (Å²) in [4.78, 5) is 12.1. The van der Waals surface area contributed by atoms with Crippen LogP contribution in [-0.4, -0.2) is 47.1 Å². The average molecular weight is 309 g/mol. The number of benzene rings is 1. The minimum absolute atomic E-state index is 0.00128. The molecule has 1 amide bonds. The first-order valence-electron chi connectivity index (χ1n) is 7.72. The summed E-state index contributed by atoms with van der Waals surface area (Å²) in [5.41, 5.74) is 1.16. The summed E-state index contributed by atoms with van der Waals surface area (Å²) in [6, 6.07) is 9.95. The molecule has 4 unspecified atom stereocenters. The summed E-state index contributed by atoms with van der Waals surface area (Å²) >= 11 is 0. The summed E-state index contributed by atoms with van der Waals surface area (Å²) in [7, 11) is 0. The molecule has 1 aromatic carbocycles. The van der Waals surface area contributed by atoms with Gasteiger partial charge in [0.25, 0.3) is 0 Å². The van der Waals surface area contributed by atoms with Crippen LogP contribution in [0.3, 0.4) is 0 Å². The number of rotatable bonds is 9. The topological polar surface area (TPSA) is 78.8 Å². The molecular formula is C17H27NO4. The lowest BCUT2D eigenvalue weighted by molar-refractivity contribution is -0.140. The summed E-state index contributed by atoms with van der Waals surface area (Å²) in [5, 5.41) is 21.4. The van der Waals surface area contributed by atoms with Crippen LogP contribution in [0.4, 0.5) is 0 Å². The first-order chi connectivity index (χ1) is 10.4. The molecule has 0 saturated heterocycles. The Bertz CT molecular complexity index is 438. The van der Waals surface area contributed by atoms with E-state index < -0.39 is 18.3 Å². The highest BCUT2D eigenvalue weighted by Crippen LogP contribution is 2.08. The molecule has 0 aliphatic rings. The number of amides is 1. The van der Waals surface area contributed by atoms with Crippen LogP contribution >= 0.6 is 0 Å². The van der Waals surface area contributed by atoms with E-state index in [-0.39, 0.29) is 25.0 Å². The number of aliphatic hydroxyl groups excluding tert-OH is 2. The van der Waals surface area contributed by atoms with E-state index in [1.165, 1.54) is 0 Å². The Hall–Kier alpha value is -1.43. The van der Waals surface area contributed by atoms with Crippen molar-refractivity contribution in [3.05, 3.63) is 35.9 Å². The number of nitrogens with one attached hydrogen (secondary N) is 1. The number of aliphatic hydroxyl groups is 2. The number of carbonyl (C=O) groups excluding carboxylic acids is 1. The highest BCUT2D eigenvalue weighted by atomic mass is 16.5. The molecule has 4 atom stereocenters. The highest BCUT2D eigenvalue weighted by molar-refractivity contribution is 5.80. The quantitative estimate of drug-likeness (QED) is 0.642. The maximum Gasteiger partial charge on any atom is 0.249 e. The van der Waals surface area contributed by atoms with Gasteiger partial charge in [0.15, 0.2) is 0 Å². The van der Waals surface area contributed by atoms with Crippen LogP contribution in [0.15, 0.2) is 30.3 Å². The molecule has 0 radical (unpaired) electrons.